The zero-order chi connectivity index (χ0) is 11.6. The Morgan fingerprint density at radius 2 is 2.31 bits per heavy atom. The number of nitrogens with one attached hydrogen (secondary N) is 1. The molecule has 1 amide bonds. The first-order chi connectivity index (χ1) is 7.83. The van der Waals surface area contributed by atoms with Crippen molar-refractivity contribution in [3.63, 3.8) is 0 Å². The minimum Gasteiger partial charge on any atom is -0.465 e. The summed E-state index contributed by atoms with van der Waals surface area (Å²) in [5.74, 6) is 0.633. The van der Waals surface area contributed by atoms with Crippen molar-refractivity contribution in [2.24, 2.45) is 0 Å². The van der Waals surface area contributed by atoms with E-state index < -0.39 is 0 Å². The number of amides is 1. The van der Waals surface area contributed by atoms with E-state index >= 15 is 0 Å². The second-order valence-corrected chi connectivity index (χ2v) is 3.70. The van der Waals surface area contributed by atoms with Gasteiger partial charge in [-0.15, -0.1) is 0 Å². The molecule has 1 aromatic heterocycles. The molecule has 0 fully saturated rings. The largest absolute Gasteiger partial charge is 0.465 e. The molecule has 0 aliphatic carbocycles. The highest BCUT2D eigenvalue weighted by molar-refractivity contribution is 5.91. The van der Waals surface area contributed by atoms with Crippen LogP contribution in [0.1, 0.15) is 38.4 Å². The van der Waals surface area contributed by atoms with Gasteiger partial charge in [0, 0.05) is 12.6 Å². The highest BCUT2D eigenvalue weighted by Gasteiger charge is 1.95. The van der Waals surface area contributed by atoms with Crippen LogP contribution in [0.25, 0.3) is 6.08 Å². The number of furan rings is 1. The average molecular weight is 221 g/mol. The lowest BCUT2D eigenvalue weighted by Gasteiger charge is -2.00. The van der Waals surface area contributed by atoms with Gasteiger partial charge in [0.2, 0.25) is 5.91 Å². The minimum absolute atomic E-state index is 0.0621. The van der Waals surface area contributed by atoms with Crippen LogP contribution in [-0.4, -0.2) is 12.5 Å². The first-order valence-electron chi connectivity index (χ1n) is 5.82. The van der Waals surface area contributed by atoms with Crippen LogP contribution >= 0.6 is 0 Å². The first kappa shape index (κ1) is 12.6. The van der Waals surface area contributed by atoms with Crippen LogP contribution in [-0.2, 0) is 4.79 Å². The third kappa shape index (κ3) is 5.39. The van der Waals surface area contributed by atoms with E-state index in [0.29, 0.717) is 5.76 Å². The molecule has 0 bridgehead atoms. The second-order valence-electron chi connectivity index (χ2n) is 3.70. The maximum absolute atomic E-state index is 11.3. The van der Waals surface area contributed by atoms with Gasteiger partial charge in [-0.25, -0.2) is 0 Å². The van der Waals surface area contributed by atoms with Crippen molar-refractivity contribution in [3.8, 4) is 0 Å². The van der Waals surface area contributed by atoms with Gasteiger partial charge in [0.25, 0.3) is 0 Å². The number of hydrogen-bond donors (Lipinski definition) is 1. The predicted octanol–water partition coefficient (Wildman–Crippen LogP) is 2.99. The lowest BCUT2D eigenvalue weighted by molar-refractivity contribution is -0.116. The number of rotatable bonds is 7. The summed E-state index contributed by atoms with van der Waals surface area (Å²) in [6.45, 7) is 2.92. The molecule has 0 radical (unpaired) electrons. The summed E-state index contributed by atoms with van der Waals surface area (Å²) >= 11 is 0. The molecule has 1 N–H and O–H groups in total. The molecule has 0 aliphatic rings. The molecule has 1 aromatic rings. The van der Waals surface area contributed by atoms with E-state index in [1.54, 1.807) is 18.4 Å². The molecule has 0 atom stereocenters. The minimum atomic E-state index is -0.0621. The molecule has 0 saturated carbocycles. The molecule has 3 nitrogen and oxygen atoms in total. The summed E-state index contributed by atoms with van der Waals surface area (Å²) in [5.41, 5.74) is 0. The van der Waals surface area contributed by atoms with Gasteiger partial charge in [0.15, 0.2) is 0 Å². The van der Waals surface area contributed by atoms with Gasteiger partial charge in [-0.2, -0.15) is 0 Å². The fourth-order valence-corrected chi connectivity index (χ4v) is 1.37. The number of hydrogen-bond acceptors (Lipinski definition) is 2. The number of carbonyl (C=O) groups is 1. The van der Waals surface area contributed by atoms with E-state index in [-0.39, 0.29) is 5.91 Å². The van der Waals surface area contributed by atoms with Crippen molar-refractivity contribution in [2.75, 3.05) is 6.54 Å². The Kier molecular flexibility index (Phi) is 6.07. The van der Waals surface area contributed by atoms with Gasteiger partial charge in [-0.05, 0) is 24.6 Å². The molecule has 0 spiro atoms. The van der Waals surface area contributed by atoms with Gasteiger partial charge >= 0.3 is 0 Å². The van der Waals surface area contributed by atoms with Crippen LogP contribution < -0.4 is 5.32 Å². The van der Waals surface area contributed by atoms with Gasteiger partial charge in [0.05, 0.1) is 6.26 Å². The Morgan fingerprint density at radius 3 is 3.00 bits per heavy atom. The van der Waals surface area contributed by atoms with E-state index in [0.717, 1.165) is 13.0 Å². The maximum Gasteiger partial charge on any atom is 0.244 e. The van der Waals surface area contributed by atoms with Crippen LogP contribution in [0.2, 0.25) is 0 Å². The first-order valence-corrected chi connectivity index (χ1v) is 5.82. The van der Waals surface area contributed by atoms with Crippen LogP contribution in [0.15, 0.2) is 28.9 Å². The molecule has 0 saturated heterocycles. The zero-order valence-corrected chi connectivity index (χ0v) is 9.74. The molecule has 0 unspecified atom stereocenters. The lowest BCUT2D eigenvalue weighted by atomic mass is 10.2. The Morgan fingerprint density at radius 1 is 1.44 bits per heavy atom. The van der Waals surface area contributed by atoms with Crippen molar-refractivity contribution in [1.82, 2.24) is 5.32 Å². The van der Waals surface area contributed by atoms with E-state index in [4.69, 9.17) is 4.42 Å². The molecule has 88 valence electrons. The fraction of sp³-hybridized carbons (Fsp3) is 0.462. The van der Waals surface area contributed by atoms with Gasteiger partial charge in [-0.3, -0.25) is 4.79 Å². The van der Waals surface area contributed by atoms with Crippen molar-refractivity contribution in [3.05, 3.63) is 30.2 Å². The third-order valence-electron chi connectivity index (χ3n) is 2.27. The van der Waals surface area contributed by atoms with Gasteiger partial charge < -0.3 is 9.73 Å². The van der Waals surface area contributed by atoms with Crippen LogP contribution in [0.3, 0.4) is 0 Å². The smallest absolute Gasteiger partial charge is 0.244 e. The van der Waals surface area contributed by atoms with E-state index in [1.807, 2.05) is 6.07 Å². The van der Waals surface area contributed by atoms with Crippen LogP contribution in [0.5, 0.6) is 0 Å². The topological polar surface area (TPSA) is 42.2 Å². The molecular weight excluding hydrogens is 202 g/mol. The molecule has 3 heteroatoms. The second kappa shape index (κ2) is 7.74. The summed E-state index contributed by atoms with van der Waals surface area (Å²) in [5, 5.41) is 2.84. The van der Waals surface area contributed by atoms with Crippen LogP contribution in [0.4, 0.5) is 0 Å². The Bertz CT molecular complexity index is 315. The summed E-state index contributed by atoms with van der Waals surface area (Å²) in [7, 11) is 0. The molecule has 1 heterocycles. The van der Waals surface area contributed by atoms with E-state index in [2.05, 4.69) is 12.2 Å². The molecule has 0 aliphatic heterocycles. The summed E-state index contributed by atoms with van der Waals surface area (Å²) in [4.78, 5) is 11.3. The van der Waals surface area contributed by atoms with Crippen molar-refractivity contribution in [2.45, 2.75) is 32.6 Å². The Labute approximate surface area is 96.5 Å². The van der Waals surface area contributed by atoms with Gasteiger partial charge in [0.1, 0.15) is 5.76 Å². The quantitative estimate of drug-likeness (QED) is 0.568. The van der Waals surface area contributed by atoms with Crippen molar-refractivity contribution < 1.29 is 9.21 Å². The predicted molar refractivity (Wildman–Crippen MR) is 64.9 cm³/mol. The maximum atomic E-state index is 11.3. The molecule has 1 rings (SSSR count). The normalized spacial score (nSPS) is 10.8. The molecule has 16 heavy (non-hydrogen) atoms. The van der Waals surface area contributed by atoms with Gasteiger partial charge in [-0.1, -0.05) is 26.2 Å². The fourth-order valence-electron chi connectivity index (χ4n) is 1.37. The zero-order valence-electron chi connectivity index (χ0n) is 9.74. The summed E-state index contributed by atoms with van der Waals surface area (Å²) in [6.07, 6.45) is 9.43. The SMILES string of the molecule is CCCCCCNC(=O)C=Cc1ccco1. The van der Waals surface area contributed by atoms with Crippen molar-refractivity contribution in [1.29, 1.82) is 0 Å². The number of carbonyl (C=O) groups excluding carboxylic acids is 1. The number of unbranched alkanes of at least 4 members (excludes halogenated alkanes) is 3. The Hall–Kier alpha value is -1.51. The summed E-state index contributed by atoms with van der Waals surface area (Å²) < 4.78 is 5.07. The monoisotopic (exact) mass is 221 g/mol. The van der Waals surface area contributed by atoms with E-state index in [9.17, 15) is 4.79 Å². The molecular formula is C13H19NO2. The highest BCUT2D eigenvalue weighted by Crippen LogP contribution is 2.01. The standard InChI is InChI=1S/C13H19NO2/c1-2-3-4-5-10-14-13(15)9-8-12-7-6-11-16-12/h6-9,11H,2-5,10H2,1H3,(H,14,15). The lowest BCUT2D eigenvalue weighted by Crippen LogP contribution is -2.21. The average Bonchev–Trinajstić information content (AvgIpc) is 2.79. The van der Waals surface area contributed by atoms with Crippen molar-refractivity contribution >= 4 is 12.0 Å². The molecule has 0 aromatic carbocycles. The highest BCUT2D eigenvalue weighted by atomic mass is 16.3. The Balaban J connectivity index is 2.11. The van der Waals surface area contributed by atoms with Crippen LogP contribution in [0, 0.1) is 0 Å². The summed E-state index contributed by atoms with van der Waals surface area (Å²) in [6, 6.07) is 3.60. The third-order valence-corrected chi connectivity index (χ3v) is 2.27. The van der Waals surface area contributed by atoms with E-state index in [1.165, 1.54) is 25.3 Å².